The molecule has 0 aromatic carbocycles. The third-order valence-electron chi connectivity index (χ3n) is 2.67. The average Bonchev–Trinajstić information content (AvgIpc) is 2.70. The van der Waals surface area contributed by atoms with E-state index in [9.17, 15) is 0 Å². The number of nitrogens with zero attached hydrogens (tertiary/aromatic N) is 4. The zero-order chi connectivity index (χ0) is 12.4. The van der Waals surface area contributed by atoms with Gasteiger partial charge in [-0.3, -0.25) is 0 Å². The molecule has 1 aromatic rings. The van der Waals surface area contributed by atoms with Crippen LogP contribution in [0.5, 0.6) is 0 Å². The Bertz CT molecular complexity index is 374. The van der Waals surface area contributed by atoms with Gasteiger partial charge in [-0.15, -0.1) is 0 Å². The molecule has 6 nitrogen and oxygen atoms in total. The third kappa shape index (κ3) is 2.77. The molecular formula is C9H12Cl2N4O2. The summed E-state index contributed by atoms with van der Waals surface area (Å²) in [4.78, 5) is 13.7. The molecule has 2 heterocycles. The van der Waals surface area contributed by atoms with Crippen LogP contribution in [0.1, 0.15) is 0 Å². The second-order valence-corrected chi connectivity index (χ2v) is 4.30. The molecule has 1 aliphatic heterocycles. The Morgan fingerprint density at radius 2 is 1.47 bits per heavy atom. The van der Waals surface area contributed by atoms with E-state index in [1.807, 2.05) is 4.90 Å². The Hall–Kier alpha value is -0.690. The largest absolute Gasteiger partial charge is 0.377 e. The molecule has 2 rings (SSSR count). The van der Waals surface area contributed by atoms with E-state index in [2.05, 4.69) is 15.0 Å². The first kappa shape index (κ1) is 12.8. The molecule has 0 N–H and O–H groups in total. The second kappa shape index (κ2) is 5.30. The van der Waals surface area contributed by atoms with Crippen LogP contribution in [0.2, 0.25) is 10.6 Å². The molecule has 2 unspecified atom stereocenters. The first-order chi connectivity index (χ1) is 8.13. The molecule has 8 heteroatoms. The molecule has 0 bridgehead atoms. The maximum absolute atomic E-state index is 5.73. The molecule has 17 heavy (non-hydrogen) atoms. The van der Waals surface area contributed by atoms with Gasteiger partial charge in [-0.05, 0) is 23.2 Å². The standard InChI is InChI=1S/C9H12Cl2N4O2/c1-16-5-3-15(4-6(5)17-2)9-13-7(10)12-8(11)14-9/h5-6H,3-4H2,1-2H3. The van der Waals surface area contributed by atoms with Crippen molar-refractivity contribution in [1.82, 2.24) is 15.0 Å². The number of anilines is 1. The zero-order valence-electron chi connectivity index (χ0n) is 9.43. The lowest BCUT2D eigenvalue weighted by Gasteiger charge is -2.15. The minimum Gasteiger partial charge on any atom is -0.377 e. The van der Waals surface area contributed by atoms with Crippen LogP contribution in [0.4, 0.5) is 5.95 Å². The van der Waals surface area contributed by atoms with Gasteiger partial charge in [0.1, 0.15) is 12.2 Å². The lowest BCUT2D eigenvalue weighted by atomic mass is 10.3. The Labute approximate surface area is 109 Å². The van der Waals surface area contributed by atoms with Gasteiger partial charge in [0.25, 0.3) is 0 Å². The van der Waals surface area contributed by atoms with Crippen molar-refractivity contribution in [2.24, 2.45) is 0 Å². The van der Waals surface area contributed by atoms with Crippen LogP contribution in [0, 0.1) is 0 Å². The fourth-order valence-electron chi connectivity index (χ4n) is 1.82. The maximum Gasteiger partial charge on any atom is 0.231 e. The summed E-state index contributed by atoms with van der Waals surface area (Å²) in [7, 11) is 3.29. The van der Waals surface area contributed by atoms with E-state index in [4.69, 9.17) is 32.7 Å². The Morgan fingerprint density at radius 1 is 1.00 bits per heavy atom. The van der Waals surface area contributed by atoms with Gasteiger partial charge in [0.15, 0.2) is 0 Å². The van der Waals surface area contributed by atoms with E-state index in [1.165, 1.54) is 0 Å². The molecule has 2 atom stereocenters. The van der Waals surface area contributed by atoms with Crippen LogP contribution in [0.25, 0.3) is 0 Å². The van der Waals surface area contributed by atoms with E-state index < -0.39 is 0 Å². The van der Waals surface area contributed by atoms with E-state index in [0.717, 1.165) is 0 Å². The van der Waals surface area contributed by atoms with Gasteiger partial charge in [0.05, 0.1) is 0 Å². The molecule has 94 valence electrons. The summed E-state index contributed by atoms with van der Waals surface area (Å²) in [5, 5.41) is 0.157. The molecule has 0 aliphatic carbocycles. The molecule has 0 radical (unpaired) electrons. The van der Waals surface area contributed by atoms with Crippen molar-refractivity contribution in [2.45, 2.75) is 12.2 Å². The van der Waals surface area contributed by atoms with Crippen LogP contribution in [-0.4, -0.2) is 54.5 Å². The molecule has 1 fully saturated rings. The second-order valence-electron chi connectivity index (χ2n) is 3.63. The number of ether oxygens (including phenoxy) is 2. The lowest BCUT2D eigenvalue weighted by molar-refractivity contribution is -0.00461. The number of methoxy groups -OCH3 is 2. The van der Waals surface area contributed by atoms with Crippen molar-refractivity contribution in [1.29, 1.82) is 0 Å². The molecule has 1 saturated heterocycles. The van der Waals surface area contributed by atoms with Crippen LogP contribution in [-0.2, 0) is 9.47 Å². The Morgan fingerprint density at radius 3 is 1.88 bits per heavy atom. The molecular weight excluding hydrogens is 267 g/mol. The lowest BCUT2D eigenvalue weighted by Crippen LogP contribution is -2.27. The fraction of sp³-hybridized carbons (Fsp3) is 0.667. The van der Waals surface area contributed by atoms with Gasteiger partial charge in [0, 0.05) is 27.3 Å². The summed E-state index contributed by atoms with van der Waals surface area (Å²) in [5.41, 5.74) is 0. The van der Waals surface area contributed by atoms with Crippen LogP contribution in [0.15, 0.2) is 0 Å². The number of hydrogen-bond donors (Lipinski definition) is 0. The number of halogens is 2. The monoisotopic (exact) mass is 278 g/mol. The van der Waals surface area contributed by atoms with Crippen molar-refractivity contribution in [3.63, 3.8) is 0 Å². The highest BCUT2D eigenvalue weighted by Crippen LogP contribution is 2.22. The topological polar surface area (TPSA) is 60.4 Å². The van der Waals surface area contributed by atoms with Gasteiger partial charge < -0.3 is 14.4 Å². The van der Waals surface area contributed by atoms with Gasteiger partial charge in [0.2, 0.25) is 16.5 Å². The molecule has 0 saturated carbocycles. The molecule has 1 aromatic heterocycles. The van der Waals surface area contributed by atoms with Crippen molar-refractivity contribution in [3.8, 4) is 0 Å². The van der Waals surface area contributed by atoms with Crippen LogP contribution < -0.4 is 4.90 Å². The first-order valence-electron chi connectivity index (χ1n) is 5.01. The van der Waals surface area contributed by atoms with Crippen molar-refractivity contribution in [2.75, 3.05) is 32.2 Å². The third-order valence-corrected chi connectivity index (χ3v) is 3.01. The quantitative estimate of drug-likeness (QED) is 0.823. The average molecular weight is 279 g/mol. The van der Waals surface area contributed by atoms with Crippen LogP contribution in [0.3, 0.4) is 0 Å². The van der Waals surface area contributed by atoms with Crippen molar-refractivity contribution >= 4 is 29.2 Å². The predicted molar refractivity (Wildman–Crippen MR) is 63.7 cm³/mol. The van der Waals surface area contributed by atoms with Crippen LogP contribution >= 0.6 is 23.2 Å². The van der Waals surface area contributed by atoms with Crippen molar-refractivity contribution < 1.29 is 9.47 Å². The van der Waals surface area contributed by atoms with Gasteiger partial charge >= 0.3 is 0 Å². The minimum absolute atomic E-state index is 0.0192. The van der Waals surface area contributed by atoms with Gasteiger partial charge in [-0.25, -0.2) is 0 Å². The van der Waals surface area contributed by atoms with E-state index in [0.29, 0.717) is 19.0 Å². The fourth-order valence-corrected chi connectivity index (χ4v) is 2.17. The number of hydrogen-bond acceptors (Lipinski definition) is 6. The highest BCUT2D eigenvalue weighted by molar-refractivity contribution is 6.31. The highest BCUT2D eigenvalue weighted by atomic mass is 35.5. The minimum atomic E-state index is -0.0192. The predicted octanol–water partition coefficient (Wildman–Crippen LogP) is 1.03. The smallest absolute Gasteiger partial charge is 0.231 e. The van der Waals surface area contributed by atoms with E-state index in [-0.39, 0.29) is 22.8 Å². The SMILES string of the molecule is COC1CN(c2nc(Cl)nc(Cl)n2)CC1OC. The summed E-state index contributed by atoms with van der Waals surface area (Å²) >= 11 is 11.5. The van der Waals surface area contributed by atoms with Gasteiger partial charge in [-0.2, -0.15) is 15.0 Å². The van der Waals surface area contributed by atoms with Crippen molar-refractivity contribution in [3.05, 3.63) is 10.6 Å². The Balaban J connectivity index is 2.18. The summed E-state index contributed by atoms with van der Waals surface area (Å²) in [6, 6.07) is 0. The zero-order valence-corrected chi connectivity index (χ0v) is 10.9. The summed E-state index contributed by atoms with van der Waals surface area (Å²) in [6.07, 6.45) is -0.0383. The summed E-state index contributed by atoms with van der Waals surface area (Å²) in [5.74, 6) is 0.441. The maximum atomic E-state index is 5.73. The van der Waals surface area contributed by atoms with Gasteiger partial charge in [-0.1, -0.05) is 0 Å². The number of rotatable bonds is 3. The van der Waals surface area contributed by atoms with E-state index in [1.54, 1.807) is 14.2 Å². The molecule has 0 spiro atoms. The highest BCUT2D eigenvalue weighted by Gasteiger charge is 2.34. The summed E-state index contributed by atoms with van der Waals surface area (Å²) in [6.45, 7) is 1.26. The normalized spacial score (nSPS) is 24.4. The Kier molecular flexibility index (Phi) is 3.98. The summed E-state index contributed by atoms with van der Waals surface area (Å²) < 4.78 is 10.6. The van der Waals surface area contributed by atoms with E-state index >= 15 is 0 Å². The number of aromatic nitrogens is 3. The first-order valence-corrected chi connectivity index (χ1v) is 5.77. The molecule has 1 aliphatic rings. The molecule has 0 amide bonds.